The van der Waals surface area contributed by atoms with Gasteiger partial charge in [-0.25, -0.2) is 12.8 Å². The van der Waals surface area contributed by atoms with Crippen LogP contribution in [0.15, 0.2) is 0 Å². The van der Waals surface area contributed by atoms with Crippen LogP contribution in [0.2, 0.25) is 0 Å². The molecule has 0 bridgehead atoms. The van der Waals surface area contributed by atoms with Crippen LogP contribution in [-0.2, 0) is 10.1 Å². The van der Waals surface area contributed by atoms with Gasteiger partial charge >= 0.3 is 35.1 Å². The fraction of sp³-hybridized carbons (Fsp3) is 1.00. The fourth-order valence-electron chi connectivity index (χ4n) is 1.77. The van der Waals surface area contributed by atoms with Gasteiger partial charge in [-0.3, -0.25) is 0 Å². The van der Waals surface area contributed by atoms with Crippen molar-refractivity contribution >= 4 is 10.1 Å². The summed E-state index contributed by atoms with van der Waals surface area (Å²) in [6, 6.07) is 0. The second-order valence-corrected chi connectivity index (χ2v) is 7.64. The Morgan fingerprint density at radius 1 is 0.750 bits per heavy atom. The second kappa shape index (κ2) is 10.4. The van der Waals surface area contributed by atoms with Gasteiger partial charge in [0.2, 0.25) is 0 Å². The smallest absolute Gasteiger partial charge is 0.402 e. The molecule has 0 aliphatic rings. The molecule has 0 aromatic rings. The Hall–Kier alpha value is -1.11. The number of alkyl halides is 14. The van der Waals surface area contributed by atoms with Crippen LogP contribution in [0, 0.1) is 0 Å². The minimum Gasteiger partial charge on any atom is -0.743 e. The van der Waals surface area contributed by atoms with Gasteiger partial charge in [0.1, 0.15) is 0 Å². The summed E-state index contributed by atoms with van der Waals surface area (Å²) < 4.78 is 210. The normalized spacial score (nSPS) is 15.8. The van der Waals surface area contributed by atoms with Gasteiger partial charge in [0.25, 0.3) is 0 Å². The molecule has 0 aliphatic heterocycles. The van der Waals surface area contributed by atoms with Crippen molar-refractivity contribution in [3.8, 4) is 0 Å². The van der Waals surface area contributed by atoms with Crippen LogP contribution in [0.1, 0.15) is 25.7 Å². The molecule has 0 saturated heterocycles. The molecule has 1 unspecified atom stereocenters. The first kappa shape index (κ1) is 33.1. The molecule has 1 atom stereocenters. The first-order chi connectivity index (χ1) is 13.8. The van der Waals surface area contributed by atoms with Crippen LogP contribution in [0.25, 0.3) is 0 Å². The third-order valence-electron chi connectivity index (χ3n) is 3.45. The highest BCUT2D eigenvalue weighted by molar-refractivity contribution is 7.86. The quantitative estimate of drug-likeness (QED) is 0.263. The Morgan fingerprint density at radius 3 is 1.44 bits per heavy atom. The van der Waals surface area contributed by atoms with E-state index in [1.165, 1.54) is 0 Å². The molecule has 4 nitrogen and oxygen atoms in total. The number of halogens is 14. The van der Waals surface area contributed by atoms with Gasteiger partial charge in [-0.1, -0.05) is 0 Å². The zero-order valence-electron chi connectivity index (χ0n) is 15.9. The van der Waals surface area contributed by atoms with Crippen molar-refractivity contribution in [2.75, 3.05) is 14.1 Å². The lowest BCUT2D eigenvalue weighted by Crippen LogP contribution is -2.74. The predicted molar refractivity (Wildman–Crippen MR) is 77.6 cm³/mol. The minimum atomic E-state index is -7.99. The number of nitrogens with two attached hydrogens (primary N) is 1. The molecule has 196 valence electrons. The second-order valence-electron chi connectivity index (χ2n) is 6.22. The Kier molecular flexibility index (Phi) is 10.8. The van der Waals surface area contributed by atoms with Gasteiger partial charge in [0.05, 0.1) is 14.1 Å². The molecule has 0 fully saturated rings. The Balaban J connectivity index is 0. The van der Waals surface area contributed by atoms with Crippen LogP contribution in [0.3, 0.4) is 0 Å². The van der Waals surface area contributed by atoms with Crippen molar-refractivity contribution in [3.63, 3.8) is 0 Å². The molecule has 0 saturated carbocycles. The monoisotopic (exact) mass is 533 g/mol. The molecule has 0 aromatic carbocycles. The van der Waals surface area contributed by atoms with Crippen molar-refractivity contribution in [3.05, 3.63) is 0 Å². The number of hydrogen-bond donors (Lipinski definition) is 1. The summed E-state index contributed by atoms with van der Waals surface area (Å²) in [5.41, 5.74) is 0. The van der Waals surface area contributed by atoms with Crippen molar-refractivity contribution in [2.45, 2.75) is 67.0 Å². The van der Waals surface area contributed by atoms with E-state index in [9.17, 15) is 74.4 Å². The van der Waals surface area contributed by atoms with Crippen molar-refractivity contribution in [2.24, 2.45) is 0 Å². The number of hydrogen-bond acceptors (Lipinski definition) is 3. The number of quaternary nitrogens is 1. The largest absolute Gasteiger partial charge is 0.743 e. The lowest BCUT2D eigenvalue weighted by Gasteiger charge is -2.40. The van der Waals surface area contributed by atoms with Gasteiger partial charge < -0.3 is 9.87 Å². The summed E-state index contributed by atoms with van der Waals surface area (Å²) in [6.07, 6.45) is -15.6. The molecule has 2 N–H and O–H groups in total. The third-order valence-corrected chi connectivity index (χ3v) is 4.33. The highest BCUT2D eigenvalue weighted by Crippen LogP contribution is 2.59. The van der Waals surface area contributed by atoms with Crippen LogP contribution in [0.5, 0.6) is 0 Å². The van der Waals surface area contributed by atoms with Crippen molar-refractivity contribution < 1.29 is 79.8 Å². The fourth-order valence-corrected chi connectivity index (χ4v) is 2.22. The Labute approximate surface area is 172 Å². The summed E-state index contributed by atoms with van der Waals surface area (Å²) in [4.78, 5) is 0. The lowest BCUT2D eigenvalue weighted by molar-refractivity contribution is -0.597. The van der Waals surface area contributed by atoms with Crippen molar-refractivity contribution in [1.82, 2.24) is 0 Å². The maximum Gasteiger partial charge on any atom is 0.402 e. The van der Waals surface area contributed by atoms with Crippen LogP contribution in [0.4, 0.5) is 61.5 Å². The van der Waals surface area contributed by atoms with E-state index in [4.69, 9.17) is 0 Å². The Morgan fingerprint density at radius 2 is 1.12 bits per heavy atom. The third kappa shape index (κ3) is 6.71. The molecule has 0 rings (SSSR count). The highest BCUT2D eigenvalue weighted by atomic mass is 32.2. The van der Waals surface area contributed by atoms with Gasteiger partial charge in [-0.05, 0) is 19.3 Å². The van der Waals surface area contributed by atoms with Gasteiger partial charge in [-0.2, -0.15) is 57.1 Å². The minimum absolute atomic E-state index is 1.16. The van der Waals surface area contributed by atoms with Crippen LogP contribution in [-0.4, -0.2) is 68.4 Å². The zero-order chi connectivity index (χ0) is 26.6. The molecule has 0 amide bonds. The molecule has 32 heavy (non-hydrogen) atoms. The van der Waals surface area contributed by atoms with Gasteiger partial charge in [0, 0.05) is 6.42 Å². The average molecular weight is 533 g/mol. The summed E-state index contributed by atoms with van der Waals surface area (Å²) in [6.45, 7) is 0. The molecule has 0 heterocycles. The number of unbranched alkanes of at least 4 members (excludes halogenated alkanes) is 1. The van der Waals surface area contributed by atoms with Gasteiger partial charge in [-0.15, -0.1) is 0 Å². The number of rotatable bonds is 10. The van der Waals surface area contributed by atoms with E-state index in [-0.39, 0.29) is 0 Å². The summed E-state index contributed by atoms with van der Waals surface area (Å²) in [5, 5.41) is -5.51. The summed E-state index contributed by atoms with van der Waals surface area (Å²) >= 11 is 0. The predicted octanol–water partition coefficient (Wildman–Crippen LogP) is 3.94. The van der Waals surface area contributed by atoms with Crippen LogP contribution < -0.4 is 5.32 Å². The molecule has 0 spiro atoms. The molecule has 0 aromatic heterocycles. The molecule has 0 radical (unpaired) electrons. The first-order valence-corrected chi connectivity index (χ1v) is 9.49. The average Bonchev–Trinajstić information content (AvgIpc) is 2.56. The van der Waals surface area contributed by atoms with E-state index in [2.05, 4.69) is 0 Å². The molecule has 0 aliphatic carbocycles. The topological polar surface area (TPSA) is 73.8 Å². The SMILES string of the molecule is C[NH2+]C.O=S(=O)([O-])C(F)(F)C(F)(F)C(F)(F)C(F)(F)C(F)(F)C(F)CCCCC(F)(F)F. The standard InChI is InChI=1S/C11H10F14O3S.C2H7N/c12-5(3-1-2-4-6(13,14)15)7(16,17)8(18,19)9(20,21)10(22,23)11(24,25)29(26,27)28;1-3-2/h5H,1-4H2,(H,26,27,28);3H,1-2H3. The first-order valence-electron chi connectivity index (χ1n) is 8.08. The maximum absolute atomic E-state index is 13.3. The van der Waals surface area contributed by atoms with E-state index in [1.54, 1.807) is 0 Å². The lowest BCUT2D eigenvalue weighted by atomic mass is 9.93. The maximum atomic E-state index is 13.3. The van der Waals surface area contributed by atoms with E-state index in [1.807, 2.05) is 19.4 Å². The highest BCUT2D eigenvalue weighted by Gasteiger charge is 2.88. The van der Waals surface area contributed by atoms with E-state index in [0.29, 0.717) is 0 Å². The van der Waals surface area contributed by atoms with Crippen molar-refractivity contribution in [1.29, 1.82) is 0 Å². The zero-order valence-corrected chi connectivity index (χ0v) is 16.7. The Bertz CT molecular complexity index is 692. The molecular formula is C13H17F14NO3S. The van der Waals surface area contributed by atoms with E-state index in [0.717, 1.165) is 0 Å². The van der Waals surface area contributed by atoms with Gasteiger partial charge in [0.15, 0.2) is 16.3 Å². The van der Waals surface area contributed by atoms with Crippen LogP contribution >= 0.6 is 0 Å². The van der Waals surface area contributed by atoms with E-state index >= 15 is 0 Å². The molecule has 19 heteroatoms. The summed E-state index contributed by atoms with van der Waals surface area (Å²) in [7, 11) is -3.79. The molecular weight excluding hydrogens is 516 g/mol. The van der Waals surface area contributed by atoms with E-state index < -0.39 is 77.1 Å². The summed E-state index contributed by atoms with van der Waals surface area (Å²) in [5.74, 6) is -30.5.